The van der Waals surface area contributed by atoms with E-state index in [-0.39, 0.29) is 5.76 Å². The highest BCUT2D eigenvalue weighted by Crippen LogP contribution is 2.22. The molecule has 0 saturated carbocycles. The summed E-state index contributed by atoms with van der Waals surface area (Å²) in [6.07, 6.45) is 2.47. The van der Waals surface area contributed by atoms with Gasteiger partial charge in [0.2, 0.25) is 5.76 Å². The van der Waals surface area contributed by atoms with Crippen LogP contribution in [0.15, 0.2) is 10.5 Å². The Balaban J connectivity index is 1.82. The van der Waals surface area contributed by atoms with Crippen molar-refractivity contribution in [3.05, 3.63) is 23.2 Å². The Kier molecular flexibility index (Phi) is 4.61. The van der Waals surface area contributed by atoms with Crippen molar-refractivity contribution in [2.75, 3.05) is 13.2 Å². The summed E-state index contributed by atoms with van der Waals surface area (Å²) in [6, 6.07) is 1.78. The van der Waals surface area contributed by atoms with Crippen LogP contribution in [0.1, 0.15) is 41.6 Å². The third-order valence-corrected chi connectivity index (χ3v) is 3.62. The van der Waals surface area contributed by atoms with Crippen LogP contribution < -0.4 is 5.32 Å². The lowest BCUT2D eigenvalue weighted by Gasteiger charge is -2.16. The van der Waals surface area contributed by atoms with Crippen molar-refractivity contribution in [3.8, 4) is 0 Å². The van der Waals surface area contributed by atoms with Crippen LogP contribution >= 0.6 is 0 Å². The van der Waals surface area contributed by atoms with Gasteiger partial charge in [-0.2, -0.15) is 0 Å². The molecule has 1 aliphatic rings. The summed E-state index contributed by atoms with van der Waals surface area (Å²) in [5.74, 6) is 0.230. The first-order chi connectivity index (χ1) is 9.11. The lowest BCUT2D eigenvalue weighted by Crippen LogP contribution is -2.27. The Bertz CT molecular complexity index is 441. The van der Waals surface area contributed by atoms with Crippen LogP contribution in [0, 0.1) is 12.8 Å². The predicted octanol–water partition coefficient (Wildman–Crippen LogP) is 2.19. The van der Waals surface area contributed by atoms with Crippen LogP contribution in [0.2, 0.25) is 0 Å². The summed E-state index contributed by atoms with van der Waals surface area (Å²) in [7, 11) is 0. The number of ether oxygens (including phenoxy) is 1. The Morgan fingerprint density at radius 2 is 2.37 bits per heavy atom. The maximum absolute atomic E-state index is 10.9. The van der Waals surface area contributed by atoms with Crippen LogP contribution in [-0.2, 0) is 11.3 Å². The molecule has 0 bridgehead atoms. The first-order valence-electron chi connectivity index (χ1n) is 6.76. The standard InChI is InChI=1S/C14H21NO4/c1-3-12-10(4-5-18-12)7-15-8-11-6-9(2)13(19-11)14(16)17/h6,10,12,15H,3-5,7-8H2,1-2H3,(H,16,17). The third-order valence-electron chi connectivity index (χ3n) is 3.62. The Morgan fingerprint density at radius 3 is 3.00 bits per heavy atom. The van der Waals surface area contributed by atoms with Crippen molar-refractivity contribution in [3.63, 3.8) is 0 Å². The van der Waals surface area contributed by atoms with Crippen molar-refractivity contribution in [1.82, 2.24) is 5.32 Å². The van der Waals surface area contributed by atoms with Crippen LogP contribution in [0.5, 0.6) is 0 Å². The maximum Gasteiger partial charge on any atom is 0.372 e. The van der Waals surface area contributed by atoms with Crippen molar-refractivity contribution in [2.24, 2.45) is 5.92 Å². The fourth-order valence-corrected chi connectivity index (χ4v) is 2.61. The zero-order chi connectivity index (χ0) is 13.8. The number of aryl methyl sites for hydroxylation is 1. The molecule has 19 heavy (non-hydrogen) atoms. The second kappa shape index (κ2) is 6.21. The van der Waals surface area contributed by atoms with Gasteiger partial charge in [-0.05, 0) is 31.7 Å². The fraction of sp³-hybridized carbons (Fsp3) is 0.643. The quantitative estimate of drug-likeness (QED) is 0.826. The van der Waals surface area contributed by atoms with E-state index in [0.717, 1.165) is 26.0 Å². The lowest BCUT2D eigenvalue weighted by molar-refractivity contribution is 0.0659. The summed E-state index contributed by atoms with van der Waals surface area (Å²) in [5, 5.41) is 12.2. The summed E-state index contributed by atoms with van der Waals surface area (Å²) in [6.45, 7) is 6.15. The van der Waals surface area contributed by atoms with E-state index in [4.69, 9.17) is 14.3 Å². The number of hydrogen-bond acceptors (Lipinski definition) is 4. The van der Waals surface area contributed by atoms with E-state index in [1.807, 2.05) is 0 Å². The molecule has 1 saturated heterocycles. The van der Waals surface area contributed by atoms with Crippen LogP contribution in [0.4, 0.5) is 0 Å². The normalized spacial score (nSPS) is 22.8. The molecule has 2 unspecified atom stereocenters. The van der Waals surface area contributed by atoms with Gasteiger partial charge in [0, 0.05) is 18.7 Å². The Morgan fingerprint density at radius 1 is 1.58 bits per heavy atom. The van der Waals surface area contributed by atoms with Gasteiger partial charge in [0.15, 0.2) is 0 Å². The molecule has 1 aromatic heterocycles. The molecular formula is C14H21NO4. The van der Waals surface area contributed by atoms with E-state index >= 15 is 0 Å². The largest absolute Gasteiger partial charge is 0.475 e. The molecule has 5 heteroatoms. The fourth-order valence-electron chi connectivity index (χ4n) is 2.61. The highest BCUT2D eigenvalue weighted by atomic mass is 16.5. The molecule has 2 N–H and O–H groups in total. The summed E-state index contributed by atoms with van der Waals surface area (Å²) < 4.78 is 10.9. The van der Waals surface area contributed by atoms with Crippen molar-refractivity contribution in [1.29, 1.82) is 0 Å². The number of hydrogen-bond donors (Lipinski definition) is 2. The van der Waals surface area contributed by atoms with E-state index in [2.05, 4.69) is 12.2 Å². The SMILES string of the molecule is CCC1OCCC1CNCc1cc(C)c(C(=O)O)o1. The summed E-state index contributed by atoms with van der Waals surface area (Å²) in [4.78, 5) is 10.9. The number of nitrogens with one attached hydrogen (secondary N) is 1. The lowest BCUT2D eigenvalue weighted by atomic mass is 10.00. The molecule has 5 nitrogen and oxygen atoms in total. The monoisotopic (exact) mass is 267 g/mol. The van der Waals surface area contributed by atoms with Gasteiger partial charge < -0.3 is 19.6 Å². The van der Waals surface area contributed by atoms with Gasteiger partial charge in [-0.1, -0.05) is 6.92 Å². The minimum Gasteiger partial charge on any atom is -0.475 e. The molecule has 1 aliphatic heterocycles. The van der Waals surface area contributed by atoms with Crippen LogP contribution in [-0.4, -0.2) is 30.3 Å². The number of carbonyl (C=O) groups is 1. The number of rotatable bonds is 6. The third kappa shape index (κ3) is 3.36. The maximum atomic E-state index is 10.9. The molecular weight excluding hydrogens is 246 g/mol. The molecule has 2 atom stereocenters. The van der Waals surface area contributed by atoms with Crippen molar-refractivity contribution < 1.29 is 19.1 Å². The first kappa shape index (κ1) is 14.1. The van der Waals surface area contributed by atoms with Crippen LogP contribution in [0.25, 0.3) is 0 Å². The minimum absolute atomic E-state index is 0.0347. The molecule has 0 amide bonds. The number of carboxylic acids is 1. The zero-order valence-corrected chi connectivity index (χ0v) is 11.4. The second-order valence-electron chi connectivity index (χ2n) is 5.03. The van der Waals surface area contributed by atoms with Gasteiger partial charge in [-0.3, -0.25) is 0 Å². The van der Waals surface area contributed by atoms with Crippen LogP contribution in [0.3, 0.4) is 0 Å². The number of aromatic carboxylic acids is 1. The Labute approximate surface area is 112 Å². The first-order valence-corrected chi connectivity index (χ1v) is 6.76. The highest BCUT2D eigenvalue weighted by Gasteiger charge is 2.26. The summed E-state index contributed by atoms with van der Waals surface area (Å²) in [5.41, 5.74) is 0.667. The average Bonchev–Trinajstić information content (AvgIpc) is 2.95. The molecule has 2 rings (SSSR count). The molecule has 1 fully saturated rings. The van der Waals surface area contributed by atoms with E-state index in [1.165, 1.54) is 0 Å². The highest BCUT2D eigenvalue weighted by molar-refractivity contribution is 5.86. The number of carboxylic acid groups (broad SMARTS) is 1. The van der Waals surface area contributed by atoms with Gasteiger partial charge in [0.1, 0.15) is 5.76 Å². The molecule has 0 spiro atoms. The van der Waals surface area contributed by atoms with Gasteiger partial charge in [-0.15, -0.1) is 0 Å². The smallest absolute Gasteiger partial charge is 0.372 e. The second-order valence-corrected chi connectivity index (χ2v) is 5.03. The van der Waals surface area contributed by atoms with Gasteiger partial charge in [0.05, 0.1) is 12.6 Å². The molecule has 106 valence electrons. The molecule has 0 aromatic carbocycles. The van der Waals surface area contributed by atoms with Gasteiger partial charge in [-0.25, -0.2) is 4.79 Å². The molecule has 0 aliphatic carbocycles. The zero-order valence-electron chi connectivity index (χ0n) is 11.4. The van der Waals surface area contributed by atoms with E-state index < -0.39 is 5.97 Å². The number of furan rings is 1. The Hall–Kier alpha value is -1.33. The van der Waals surface area contributed by atoms with Crippen molar-refractivity contribution in [2.45, 2.75) is 39.3 Å². The average molecular weight is 267 g/mol. The van der Waals surface area contributed by atoms with E-state index in [1.54, 1.807) is 13.0 Å². The van der Waals surface area contributed by atoms with E-state index in [9.17, 15) is 4.79 Å². The van der Waals surface area contributed by atoms with E-state index in [0.29, 0.717) is 29.9 Å². The van der Waals surface area contributed by atoms with Gasteiger partial charge >= 0.3 is 5.97 Å². The molecule has 1 aromatic rings. The molecule has 2 heterocycles. The minimum atomic E-state index is -1.01. The molecule has 0 radical (unpaired) electrons. The predicted molar refractivity (Wildman–Crippen MR) is 70.2 cm³/mol. The van der Waals surface area contributed by atoms with Crippen molar-refractivity contribution >= 4 is 5.97 Å². The van der Waals surface area contributed by atoms with Gasteiger partial charge in [0.25, 0.3) is 0 Å². The topological polar surface area (TPSA) is 71.7 Å². The summed E-state index contributed by atoms with van der Waals surface area (Å²) >= 11 is 0.